The van der Waals surface area contributed by atoms with Crippen molar-refractivity contribution in [3.05, 3.63) is 34.3 Å². The number of ketones is 1. The van der Waals surface area contributed by atoms with E-state index in [2.05, 4.69) is 26.6 Å². The van der Waals surface area contributed by atoms with Crippen LogP contribution < -0.4 is 10.6 Å². The molecule has 3 N–H and O–H groups in total. The number of hydrogen-bond donors (Lipinski definition) is 3. The molecular weight excluding hydrogens is 418 g/mol. The second-order valence-corrected chi connectivity index (χ2v) is 8.17. The fourth-order valence-corrected chi connectivity index (χ4v) is 3.28. The third-order valence-electron chi connectivity index (χ3n) is 4.16. The third-order valence-corrected chi connectivity index (χ3v) is 4.69. The number of carbonyl (C=O) groups excluding carboxylic acids is 2. The van der Waals surface area contributed by atoms with Crippen LogP contribution in [0.3, 0.4) is 0 Å². The molecule has 1 aromatic rings. The highest BCUT2D eigenvalue weighted by molar-refractivity contribution is 9.10. The molecule has 1 aromatic carbocycles. The third kappa shape index (κ3) is 4.98. The summed E-state index contributed by atoms with van der Waals surface area (Å²) in [5, 5.41) is 15.2. The first kappa shape index (κ1) is 21.2. The maximum Gasteiger partial charge on any atom is 0.408 e. The van der Waals surface area contributed by atoms with Crippen molar-refractivity contribution < 1.29 is 24.2 Å². The zero-order chi connectivity index (χ0) is 20.2. The van der Waals surface area contributed by atoms with Crippen molar-refractivity contribution in [2.75, 3.05) is 26.2 Å². The maximum atomic E-state index is 13.2. The van der Waals surface area contributed by atoms with Crippen molar-refractivity contribution in [3.8, 4) is 0 Å². The van der Waals surface area contributed by atoms with Gasteiger partial charge in [0.2, 0.25) is 0 Å². The summed E-state index contributed by atoms with van der Waals surface area (Å²) in [6, 6.07) is 6.91. The predicted octanol–water partition coefficient (Wildman–Crippen LogP) is 2.32. The van der Waals surface area contributed by atoms with Crippen LogP contribution in [0.4, 0.5) is 9.59 Å². The van der Waals surface area contributed by atoms with Gasteiger partial charge in [-0.05, 0) is 38.5 Å². The molecule has 2 rings (SSSR count). The molecular formula is C18H24BrN3O5. The molecule has 0 aliphatic carbocycles. The summed E-state index contributed by atoms with van der Waals surface area (Å²) < 4.78 is 5.96. The van der Waals surface area contributed by atoms with Crippen LogP contribution in [0.2, 0.25) is 0 Å². The molecule has 0 saturated carbocycles. The molecule has 8 nitrogen and oxygen atoms in total. The van der Waals surface area contributed by atoms with E-state index in [0.29, 0.717) is 12.1 Å². The highest BCUT2D eigenvalue weighted by Gasteiger charge is 2.49. The fourth-order valence-electron chi connectivity index (χ4n) is 3.01. The second-order valence-electron chi connectivity index (χ2n) is 7.26. The molecule has 1 aliphatic rings. The normalized spacial score (nSPS) is 20.1. The van der Waals surface area contributed by atoms with Gasteiger partial charge >= 0.3 is 12.2 Å². The van der Waals surface area contributed by atoms with Crippen LogP contribution in [0.5, 0.6) is 0 Å². The van der Waals surface area contributed by atoms with Gasteiger partial charge in [-0.15, -0.1) is 0 Å². The monoisotopic (exact) mass is 441 g/mol. The van der Waals surface area contributed by atoms with Gasteiger partial charge in [0.25, 0.3) is 0 Å². The second kappa shape index (κ2) is 8.26. The number of ether oxygens (including phenoxy) is 1. The predicted molar refractivity (Wildman–Crippen MR) is 103 cm³/mol. The highest BCUT2D eigenvalue weighted by Crippen LogP contribution is 2.32. The van der Waals surface area contributed by atoms with Crippen molar-refractivity contribution in [2.45, 2.75) is 31.9 Å². The summed E-state index contributed by atoms with van der Waals surface area (Å²) in [5.74, 6) is -0.440. The Morgan fingerprint density at radius 3 is 2.48 bits per heavy atom. The first-order valence-corrected chi connectivity index (χ1v) is 9.33. The van der Waals surface area contributed by atoms with E-state index in [1.54, 1.807) is 45.0 Å². The van der Waals surface area contributed by atoms with E-state index >= 15 is 0 Å². The molecule has 27 heavy (non-hydrogen) atoms. The molecule has 1 atom stereocenters. The summed E-state index contributed by atoms with van der Waals surface area (Å²) in [5.41, 5.74) is -1.59. The van der Waals surface area contributed by atoms with E-state index in [4.69, 9.17) is 4.74 Å². The number of nitrogens with one attached hydrogen (secondary N) is 2. The minimum Gasteiger partial charge on any atom is -0.465 e. The Morgan fingerprint density at radius 2 is 1.93 bits per heavy atom. The number of nitrogens with zero attached hydrogens (tertiary/aromatic N) is 1. The quantitative estimate of drug-likeness (QED) is 0.661. The number of benzene rings is 1. The number of amides is 2. The van der Waals surface area contributed by atoms with E-state index < -0.39 is 29.1 Å². The van der Waals surface area contributed by atoms with Crippen molar-refractivity contribution in [1.82, 2.24) is 15.5 Å². The van der Waals surface area contributed by atoms with Crippen LogP contribution in [0, 0.1) is 0 Å². The van der Waals surface area contributed by atoms with Gasteiger partial charge in [-0.3, -0.25) is 9.69 Å². The minimum atomic E-state index is -1.43. The van der Waals surface area contributed by atoms with E-state index in [0.717, 1.165) is 9.37 Å². The van der Waals surface area contributed by atoms with Gasteiger partial charge in [0.1, 0.15) is 11.1 Å². The SMILES string of the molecule is CC(C)(C)OC(=O)NCC(=O)C1(c2ccc(Br)cc2)CNCCN1C(=O)O. The molecule has 1 saturated heterocycles. The smallest absolute Gasteiger partial charge is 0.408 e. The fraction of sp³-hybridized carbons (Fsp3) is 0.500. The number of hydrogen-bond acceptors (Lipinski definition) is 5. The summed E-state index contributed by atoms with van der Waals surface area (Å²) in [4.78, 5) is 38.1. The van der Waals surface area contributed by atoms with Gasteiger partial charge in [0.05, 0.1) is 6.54 Å². The van der Waals surface area contributed by atoms with Gasteiger partial charge in [0, 0.05) is 24.1 Å². The van der Waals surface area contributed by atoms with Crippen molar-refractivity contribution in [2.24, 2.45) is 0 Å². The lowest BCUT2D eigenvalue weighted by Gasteiger charge is -2.45. The van der Waals surface area contributed by atoms with Crippen LogP contribution in [0.15, 0.2) is 28.7 Å². The van der Waals surface area contributed by atoms with Crippen LogP contribution in [0.25, 0.3) is 0 Å². The first-order valence-electron chi connectivity index (χ1n) is 8.54. The topological polar surface area (TPSA) is 108 Å². The summed E-state index contributed by atoms with van der Waals surface area (Å²) in [6.45, 7) is 5.52. The van der Waals surface area contributed by atoms with Crippen molar-refractivity contribution >= 4 is 33.9 Å². The lowest BCUT2D eigenvalue weighted by atomic mass is 9.82. The molecule has 9 heteroatoms. The van der Waals surface area contributed by atoms with Crippen LogP contribution in [-0.2, 0) is 15.1 Å². The molecule has 0 bridgehead atoms. The number of piperazine rings is 1. The number of rotatable bonds is 4. The molecule has 1 heterocycles. The van der Waals surface area contributed by atoms with Gasteiger partial charge in [-0.1, -0.05) is 28.1 Å². The molecule has 1 fully saturated rings. The number of carboxylic acid groups (broad SMARTS) is 1. The first-order chi connectivity index (χ1) is 12.6. The standard InChI is InChI=1S/C18H24BrN3O5/c1-17(2,3)27-15(24)21-10-14(23)18(12-4-6-13(19)7-5-12)11-20-8-9-22(18)16(25)26/h4-7,20H,8-11H2,1-3H3,(H,21,24)(H,25,26). The lowest BCUT2D eigenvalue weighted by Crippen LogP contribution is -2.66. The lowest BCUT2D eigenvalue weighted by molar-refractivity contribution is -0.131. The molecule has 1 aliphatic heterocycles. The largest absolute Gasteiger partial charge is 0.465 e. The van der Waals surface area contributed by atoms with Gasteiger partial charge < -0.3 is 20.5 Å². The summed E-state index contributed by atoms with van der Waals surface area (Å²) in [6.07, 6.45) is -1.92. The minimum absolute atomic E-state index is 0.121. The van der Waals surface area contributed by atoms with E-state index in [9.17, 15) is 19.5 Å². The zero-order valence-corrected chi connectivity index (χ0v) is 17.1. The Hall–Kier alpha value is -2.13. The van der Waals surface area contributed by atoms with Crippen LogP contribution >= 0.6 is 15.9 Å². The van der Waals surface area contributed by atoms with Crippen LogP contribution in [0.1, 0.15) is 26.3 Å². The molecule has 2 amide bonds. The Labute approximate surface area is 166 Å². The number of Topliss-reactive ketones (excluding diaryl/α,β-unsaturated/α-hetero) is 1. The van der Waals surface area contributed by atoms with Gasteiger partial charge in [0.15, 0.2) is 5.78 Å². The molecule has 148 valence electrons. The van der Waals surface area contributed by atoms with Crippen molar-refractivity contribution in [1.29, 1.82) is 0 Å². The van der Waals surface area contributed by atoms with Gasteiger partial charge in [-0.2, -0.15) is 0 Å². The highest BCUT2D eigenvalue weighted by atomic mass is 79.9. The van der Waals surface area contributed by atoms with Crippen molar-refractivity contribution in [3.63, 3.8) is 0 Å². The molecule has 1 unspecified atom stereocenters. The summed E-state index contributed by atoms with van der Waals surface area (Å²) >= 11 is 3.34. The average Bonchev–Trinajstić information content (AvgIpc) is 2.58. The van der Waals surface area contributed by atoms with E-state index in [1.807, 2.05) is 0 Å². The Kier molecular flexibility index (Phi) is 6.48. The number of carbonyl (C=O) groups is 3. The molecule has 0 radical (unpaired) electrons. The van der Waals surface area contributed by atoms with Crippen LogP contribution in [-0.4, -0.2) is 59.8 Å². The zero-order valence-electron chi connectivity index (χ0n) is 15.5. The van der Waals surface area contributed by atoms with Gasteiger partial charge in [-0.25, -0.2) is 9.59 Å². The molecule has 0 spiro atoms. The van der Waals surface area contributed by atoms with E-state index in [1.165, 1.54) is 0 Å². The van der Waals surface area contributed by atoms with E-state index in [-0.39, 0.29) is 19.6 Å². The molecule has 0 aromatic heterocycles. The Bertz CT molecular complexity index is 717. The maximum absolute atomic E-state index is 13.2. The summed E-state index contributed by atoms with van der Waals surface area (Å²) in [7, 11) is 0. The Balaban J connectivity index is 2.32. The average molecular weight is 442 g/mol. The number of alkyl carbamates (subject to hydrolysis) is 1. The Morgan fingerprint density at radius 1 is 1.30 bits per heavy atom. The number of halogens is 1.